The molecule has 6 heteroatoms. The van der Waals surface area contributed by atoms with Gasteiger partial charge in [0, 0.05) is 12.1 Å². The number of nitrogens with zero attached hydrogens (tertiary/aromatic N) is 2. The number of benzene rings is 3. The summed E-state index contributed by atoms with van der Waals surface area (Å²) in [5, 5.41) is 2.99. The zero-order valence-electron chi connectivity index (χ0n) is 18.2. The van der Waals surface area contributed by atoms with Crippen LogP contribution in [-0.2, 0) is 13.1 Å². The standard InChI is InChI=1S/C26H27N3O3/c1-31-21-13-15-22(16-14-21)32-18-8-7-17-29-24-12-6-5-11-23(24)28-25(29)19-27-26(30)20-9-3-2-4-10-20/h2-6,9-16H,7-8,17-19H2,1H3,(H,27,30). The van der Waals surface area contributed by atoms with Crippen molar-refractivity contribution in [1.29, 1.82) is 0 Å². The summed E-state index contributed by atoms with van der Waals surface area (Å²) in [6.45, 7) is 1.83. The predicted molar refractivity (Wildman–Crippen MR) is 125 cm³/mol. The monoisotopic (exact) mass is 429 g/mol. The minimum absolute atomic E-state index is 0.0999. The predicted octanol–water partition coefficient (Wildman–Crippen LogP) is 4.83. The van der Waals surface area contributed by atoms with Gasteiger partial charge in [-0.1, -0.05) is 30.3 Å². The van der Waals surface area contributed by atoms with E-state index in [2.05, 4.69) is 16.0 Å². The van der Waals surface area contributed by atoms with Gasteiger partial charge in [-0.25, -0.2) is 4.98 Å². The molecule has 4 rings (SSSR count). The molecule has 1 N–H and O–H groups in total. The van der Waals surface area contributed by atoms with Crippen molar-refractivity contribution in [3.63, 3.8) is 0 Å². The number of amides is 1. The first-order valence-corrected chi connectivity index (χ1v) is 10.8. The summed E-state index contributed by atoms with van der Waals surface area (Å²) in [5.41, 5.74) is 2.66. The van der Waals surface area contributed by atoms with Crippen LogP contribution >= 0.6 is 0 Å². The van der Waals surface area contributed by atoms with Crippen LogP contribution < -0.4 is 14.8 Å². The van der Waals surface area contributed by atoms with Crippen molar-refractivity contribution in [2.24, 2.45) is 0 Å². The molecular formula is C26H27N3O3. The van der Waals surface area contributed by atoms with Gasteiger partial charge in [-0.05, 0) is 61.4 Å². The lowest BCUT2D eigenvalue weighted by atomic mass is 10.2. The number of ether oxygens (including phenoxy) is 2. The number of fused-ring (bicyclic) bond motifs is 1. The maximum Gasteiger partial charge on any atom is 0.251 e. The summed E-state index contributed by atoms with van der Waals surface area (Å²) >= 11 is 0. The average molecular weight is 430 g/mol. The Morgan fingerprint density at radius 1 is 0.906 bits per heavy atom. The van der Waals surface area contributed by atoms with Crippen LogP contribution in [0.3, 0.4) is 0 Å². The third-order valence-electron chi connectivity index (χ3n) is 5.28. The van der Waals surface area contributed by atoms with Crippen LogP contribution in [0.4, 0.5) is 0 Å². The van der Waals surface area contributed by atoms with Crippen LogP contribution in [0.2, 0.25) is 0 Å². The molecule has 0 bridgehead atoms. The number of aromatic nitrogens is 2. The van der Waals surface area contributed by atoms with Crippen molar-refractivity contribution >= 4 is 16.9 Å². The summed E-state index contributed by atoms with van der Waals surface area (Å²) in [4.78, 5) is 17.2. The van der Waals surface area contributed by atoms with E-state index in [0.29, 0.717) is 18.7 Å². The van der Waals surface area contributed by atoms with Crippen molar-refractivity contribution in [2.45, 2.75) is 25.9 Å². The highest BCUT2D eigenvalue weighted by atomic mass is 16.5. The molecule has 0 unspecified atom stereocenters. The number of carbonyl (C=O) groups excluding carboxylic acids is 1. The van der Waals surface area contributed by atoms with Crippen LogP contribution in [-0.4, -0.2) is 29.2 Å². The number of para-hydroxylation sites is 2. The molecule has 1 heterocycles. The largest absolute Gasteiger partial charge is 0.497 e. The lowest BCUT2D eigenvalue weighted by Gasteiger charge is -2.11. The van der Waals surface area contributed by atoms with Gasteiger partial charge in [0.1, 0.15) is 17.3 Å². The second kappa shape index (κ2) is 10.5. The molecule has 0 aliphatic carbocycles. The molecule has 0 aliphatic rings. The maximum absolute atomic E-state index is 12.4. The fourth-order valence-corrected chi connectivity index (χ4v) is 3.59. The first-order chi connectivity index (χ1) is 15.7. The second-order valence-electron chi connectivity index (χ2n) is 7.45. The zero-order valence-corrected chi connectivity index (χ0v) is 18.2. The lowest BCUT2D eigenvalue weighted by Crippen LogP contribution is -2.24. The lowest BCUT2D eigenvalue weighted by molar-refractivity contribution is 0.0949. The van der Waals surface area contributed by atoms with Crippen LogP contribution in [0.25, 0.3) is 11.0 Å². The molecule has 0 fully saturated rings. The number of carbonyl (C=O) groups is 1. The molecule has 3 aromatic carbocycles. The van der Waals surface area contributed by atoms with E-state index in [1.807, 2.05) is 60.7 Å². The van der Waals surface area contributed by atoms with Crippen LogP contribution in [0.15, 0.2) is 78.9 Å². The Morgan fingerprint density at radius 3 is 2.41 bits per heavy atom. The van der Waals surface area contributed by atoms with Gasteiger partial charge in [-0.15, -0.1) is 0 Å². The highest BCUT2D eigenvalue weighted by molar-refractivity contribution is 5.94. The molecule has 0 radical (unpaired) electrons. The Hall–Kier alpha value is -3.80. The van der Waals surface area contributed by atoms with Gasteiger partial charge in [0.2, 0.25) is 0 Å². The van der Waals surface area contributed by atoms with Gasteiger partial charge in [-0.3, -0.25) is 4.79 Å². The quantitative estimate of drug-likeness (QED) is 0.367. The van der Waals surface area contributed by atoms with E-state index in [-0.39, 0.29) is 5.91 Å². The van der Waals surface area contributed by atoms with Crippen molar-refractivity contribution < 1.29 is 14.3 Å². The molecule has 1 aromatic heterocycles. The first-order valence-electron chi connectivity index (χ1n) is 10.8. The van der Waals surface area contributed by atoms with Gasteiger partial charge in [0.05, 0.1) is 31.3 Å². The van der Waals surface area contributed by atoms with Gasteiger partial charge < -0.3 is 19.4 Å². The summed E-state index contributed by atoms with van der Waals surface area (Å²) in [6, 6.07) is 24.9. The molecule has 1 amide bonds. The molecule has 32 heavy (non-hydrogen) atoms. The topological polar surface area (TPSA) is 65.4 Å². The highest BCUT2D eigenvalue weighted by Crippen LogP contribution is 2.19. The zero-order chi connectivity index (χ0) is 22.2. The SMILES string of the molecule is COc1ccc(OCCCCn2c(CNC(=O)c3ccccc3)nc3ccccc32)cc1. The Morgan fingerprint density at radius 2 is 1.62 bits per heavy atom. The van der Waals surface area contributed by atoms with Crippen molar-refractivity contribution in [3.8, 4) is 11.5 Å². The highest BCUT2D eigenvalue weighted by Gasteiger charge is 2.12. The van der Waals surface area contributed by atoms with Gasteiger partial charge >= 0.3 is 0 Å². The summed E-state index contributed by atoms with van der Waals surface area (Å²) in [7, 11) is 1.65. The normalized spacial score (nSPS) is 10.8. The van der Waals surface area contributed by atoms with Crippen molar-refractivity contribution in [2.75, 3.05) is 13.7 Å². The molecule has 0 saturated carbocycles. The molecule has 6 nitrogen and oxygen atoms in total. The van der Waals surface area contributed by atoms with E-state index in [9.17, 15) is 4.79 Å². The molecule has 0 spiro atoms. The smallest absolute Gasteiger partial charge is 0.251 e. The summed E-state index contributed by atoms with van der Waals surface area (Å²) in [5.74, 6) is 2.41. The number of rotatable bonds is 10. The van der Waals surface area contributed by atoms with E-state index in [0.717, 1.165) is 47.7 Å². The van der Waals surface area contributed by atoms with E-state index < -0.39 is 0 Å². The molecule has 4 aromatic rings. The Balaban J connectivity index is 1.35. The van der Waals surface area contributed by atoms with Crippen LogP contribution in [0.5, 0.6) is 11.5 Å². The average Bonchev–Trinajstić information content (AvgIpc) is 3.20. The molecular weight excluding hydrogens is 402 g/mol. The fraction of sp³-hybridized carbons (Fsp3) is 0.231. The third kappa shape index (κ3) is 5.27. The van der Waals surface area contributed by atoms with Crippen molar-refractivity contribution in [1.82, 2.24) is 14.9 Å². The van der Waals surface area contributed by atoms with E-state index in [4.69, 9.17) is 14.5 Å². The van der Waals surface area contributed by atoms with Crippen LogP contribution in [0.1, 0.15) is 29.0 Å². The molecule has 0 aliphatic heterocycles. The number of nitrogens with one attached hydrogen (secondary N) is 1. The van der Waals surface area contributed by atoms with E-state index >= 15 is 0 Å². The number of aryl methyl sites for hydroxylation is 1. The Bertz CT molecular complexity index is 1150. The second-order valence-corrected chi connectivity index (χ2v) is 7.45. The number of hydrogen-bond acceptors (Lipinski definition) is 4. The fourth-order valence-electron chi connectivity index (χ4n) is 3.59. The van der Waals surface area contributed by atoms with Crippen molar-refractivity contribution in [3.05, 3.63) is 90.3 Å². The molecule has 0 atom stereocenters. The first kappa shape index (κ1) is 21.4. The number of methoxy groups -OCH3 is 1. The Kier molecular flexibility index (Phi) is 7.02. The minimum atomic E-state index is -0.0999. The number of imidazole rings is 1. The Labute approximate surface area is 187 Å². The van der Waals surface area contributed by atoms with Gasteiger partial charge in [0.25, 0.3) is 5.91 Å². The number of hydrogen-bond donors (Lipinski definition) is 1. The molecule has 164 valence electrons. The van der Waals surface area contributed by atoms with E-state index in [1.54, 1.807) is 19.2 Å². The minimum Gasteiger partial charge on any atom is -0.497 e. The van der Waals surface area contributed by atoms with Gasteiger partial charge in [0.15, 0.2) is 0 Å². The van der Waals surface area contributed by atoms with E-state index in [1.165, 1.54) is 0 Å². The van der Waals surface area contributed by atoms with Gasteiger partial charge in [-0.2, -0.15) is 0 Å². The summed E-state index contributed by atoms with van der Waals surface area (Å²) < 4.78 is 13.2. The third-order valence-corrected chi connectivity index (χ3v) is 5.28. The van der Waals surface area contributed by atoms with Crippen LogP contribution in [0, 0.1) is 0 Å². The molecule has 0 saturated heterocycles. The summed E-state index contributed by atoms with van der Waals surface area (Å²) in [6.07, 6.45) is 1.85. The maximum atomic E-state index is 12.4. The number of unbranched alkanes of at least 4 members (excludes halogenated alkanes) is 1.